The number of pyridine rings is 1. The quantitative estimate of drug-likeness (QED) is 0.698. The summed E-state index contributed by atoms with van der Waals surface area (Å²) in [5.74, 6) is -1.83. The van der Waals surface area contributed by atoms with Crippen molar-refractivity contribution in [3.63, 3.8) is 0 Å². The number of halogens is 4. The molecule has 0 saturated heterocycles. The van der Waals surface area contributed by atoms with Crippen molar-refractivity contribution in [1.29, 1.82) is 0 Å². The summed E-state index contributed by atoms with van der Waals surface area (Å²) < 4.78 is 52.5. The molecule has 0 aliphatic carbocycles. The average molecular weight is 300 g/mol. The Kier molecular flexibility index (Phi) is 4.06. The van der Waals surface area contributed by atoms with Crippen molar-refractivity contribution in [3.05, 3.63) is 54.1 Å². The molecule has 0 fully saturated rings. The number of nitrogens with one attached hydrogen (secondary N) is 1. The van der Waals surface area contributed by atoms with Crippen LogP contribution in [0, 0.1) is 5.95 Å². The number of alkyl halides is 3. The fourth-order valence-electron chi connectivity index (χ4n) is 1.49. The summed E-state index contributed by atoms with van der Waals surface area (Å²) in [6.07, 6.45) is -3.65. The molecule has 8 heteroatoms. The maximum Gasteiger partial charge on any atom is 0.573 e. The van der Waals surface area contributed by atoms with Crippen LogP contribution in [0.25, 0.3) is 0 Å². The van der Waals surface area contributed by atoms with Crippen LogP contribution in [0.4, 0.5) is 23.2 Å². The largest absolute Gasteiger partial charge is 0.573 e. The maximum absolute atomic E-state index is 12.9. The number of hydrogen-bond acceptors (Lipinski definition) is 3. The highest BCUT2D eigenvalue weighted by Gasteiger charge is 2.30. The SMILES string of the molecule is O=C(Nc1ccc(OC(F)(F)F)cc1)c1ccnc(F)c1. The van der Waals surface area contributed by atoms with Gasteiger partial charge >= 0.3 is 6.36 Å². The number of carbonyl (C=O) groups excluding carboxylic acids is 1. The summed E-state index contributed by atoms with van der Waals surface area (Å²) in [7, 11) is 0. The molecule has 1 amide bonds. The van der Waals surface area contributed by atoms with Crippen LogP contribution in [0.2, 0.25) is 0 Å². The van der Waals surface area contributed by atoms with E-state index in [1.54, 1.807) is 0 Å². The highest BCUT2D eigenvalue weighted by atomic mass is 19.4. The van der Waals surface area contributed by atoms with E-state index >= 15 is 0 Å². The van der Waals surface area contributed by atoms with Gasteiger partial charge in [-0.3, -0.25) is 4.79 Å². The first-order chi connectivity index (χ1) is 9.83. The van der Waals surface area contributed by atoms with Crippen molar-refractivity contribution in [2.75, 3.05) is 5.32 Å². The van der Waals surface area contributed by atoms with Crippen LogP contribution in [0.1, 0.15) is 10.4 Å². The summed E-state index contributed by atoms with van der Waals surface area (Å²) in [6.45, 7) is 0. The molecule has 1 aromatic heterocycles. The fourth-order valence-corrected chi connectivity index (χ4v) is 1.49. The van der Waals surface area contributed by atoms with E-state index in [1.165, 1.54) is 18.2 Å². The number of carbonyl (C=O) groups is 1. The molecule has 0 unspecified atom stereocenters. The lowest BCUT2D eigenvalue weighted by atomic mass is 10.2. The molecule has 0 radical (unpaired) electrons. The van der Waals surface area contributed by atoms with Gasteiger partial charge in [-0.05, 0) is 30.3 Å². The fraction of sp³-hybridized carbons (Fsp3) is 0.0769. The highest BCUT2D eigenvalue weighted by Crippen LogP contribution is 2.24. The van der Waals surface area contributed by atoms with Crippen LogP contribution in [0.15, 0.2) is 42.6 Å². The van der Waals surface area contributed by atoms with Crippen molar-refractivity contribution >= 4 is 11.6 Å². The number of amides is 1. The Morgan fingerprint density at radius 2 is 1.81 bits per heavy atom. The first-order valence-electron chi connectivity index (χ1n) is 5.62. The molecule has 0 spiro atoms. The molecule has 1 heterocycles. The maximum atomic E-state index is 12.9. The second-order valence-corrected chi connectivity index (χ2v) is 3.89. The minimum atomic E-state index is -4.78. The molecule has 1 N–H and O–H groups in total. The Hall–Kier alpha value is -2.64. The Morgan fingerprint density at radius 1 is 1.14 bits per heavy atom. The minimum absolute atomic E-state index is 0.0399. The molecule has 0 bridgehead atoms. The van der Waals surface area contributed by atoms with Gasteiger partial charge in [-0.2, -0.15) is 4.39 Å². The lowest BCUT2D eigenvalue weighted by molar-refractivity contribution is -0.274. The Morgan fingerprint density at radius 3 is 2.38 bits per heavy atom. The van der Waals surface area contributed by atoms with Gasteiger partial charge in [-0.15, -0.1) is 13.2 Å². The molecular weight excluding hydrogens is 292 g/mol. The molecule has 21 heavy (non-hydrogen) atoms. The molecule has 2 aromatic rings. The minimum Gasteiger partial charge on any atom is -0.406 e. The van der Waals surface area contributed by atoms with Crippen molar-refractivity contribution in [1.82, 2.24) is 4.98 Å². The number of hydrogen-bond donors (Lipinski definition) is 1. The van der Waals surface area contributed by atoms with E-state index in [2.05, 4.69) is 15.0 Å². The molecule has 4 nitrogen and oxygen atoms in total. The smallest absolute Gasteiger partial charge is 0.406 e. The Bertz CT molecular complexity index is 641. The van der Waals surface area contributed by atoms with Gasteiger partial charge in [-0.1, -0.05) is 0 Å². The third-order valence-electron chi connectivity index (χ3n) is 2.33. The summed E-state index contributed by atoms with van der Waals surface area (Å²) in [5.41, 5.74) is 0.282. The second-order valence-electron chi connectivity index (χ2n) is 3.89. The number of anilines is 1. The second kappa shape index (κ2) is 5.78. The zero-order chi connectivity index (χ0) is 15.5. The van der Waals surface area contributed by atoms with Crippen LogP contribution in [-0.2, 0) is 0 Å². The molecule has 0 atom stereocenters. The first kappa shape index (κ1) is 14.8. The van der Waals surface area contributed by atoms with Crippen molar-refractivity contribution < 1.29 is 27.1 Å². The van der Waals surface area contributed by atoms with E-state index in [-0.39, 0.29) is 11.3 Å². The number of rotatable bonds is 3. The summed E-state index contributed by atoms with van der Waals surface area (Å²) in [4.78, 5) is 15.1. The van der Waals surface area contributed by atoms with Crippen LogP contribution in [-0.4, -0.2) is 17.3 Å². The van der Waals surface area contributed by atoms with Gasteiger partial charge in [0.1, 0.15) is 5.75 Å². The number of aromatic nitrogens is 1. The first-order valence-corrected chi connectivity index (χ1v) is 5.62. The predicted molar refractivity (Wildman–Crippen MR) is 65.3 cm³/mol. The predicted octanol–water partition coefficient (Wildman–Crippen LogP) is 3.37. The zero-order valence-corrected chi connectivity index (χ0v) is 10.3. The van der Waals surface area contributed by atoms with Crippen LogP contribution < -0.4 is 10.1 Å². The third-order valence-corrected chi connectivity index (χ3v) is 2.33. The Balaban J connectivity index is 2.05. The standard InChI is InChI=1S/C13H8F4N2O2/c14-11-7-8(5-6-18-11)12(20)19-9-1-3-10(4-2-9)21-13(15,16)17/h1-7H,(H,19,20). The third kappa shape index (κ3) is 4.44. The van der Waals surface area contributed by atoms with Crippen LogP contribution in [0.5, 0.6) is 5.75 Å². The van der Waals surface area contributed by atoms with Crippen LogP contribution >= 0.6 is 0 Å². The molecule has 110 valence electrons. The van der Waals surface area contributed by atoms with Gasteiger partial charge in [0.15, 0.2) is 0 Å². The number of ether oxygens (including phenoxy) is 1. The number of nitrogens with zero attached hydrogens (tertiary/aromatic N) is 1. The summed E-state index contributed by atoms with van der Waals surface area (Å²) >= 11 is 0. The Labute approximate surface area is 116 Å². The molecule has 0 aliphatic heterocycles. The van der Waals surface area contributed by atoms with Gasteiger partial charge in [0.25, 0.3) is 5.91 Å². The number of benzene rings is 1. The topological polar surface area (TPSA) is 51.2 Å². The van der Waals surface area contributed by atoms with Gasteiger partial charge < -0.3 is 10.1 Å². The zero-order valence-electron chi connectivity index (χ0n) is 10.3. The van der Waals surface area contributed by atoms with Crippen molar-refractivity contribution in [3.8, 4) is 5.75 Å². The van der Waals surface area contributed by atoms with E-state index < -0.39 is 24.0 Å². The van der Waals surface area contributed by atoms with Crippen LogP contribution in [0.3, 0.4) is 0 Å². The monoisotopic (exact) mass is 300 g/mol. The van der Waals surface area contributed by atoms with Gasteiger partial charge in [0.2, 0.25) is 5.95 Å². The van der Waals surface area contributed by atoms with Crippen molar-refractivity contribution in [2.45, 2.75) is 6.36 Å². The molecule has 0 saturated carbocycles. The van der Waals surface area contributed by atoms with Gasteiger partial charge in [0.05, 0.1) is 0 Å². The normalized spacial score (nSPS) is 11.0. The molecule has 0 aliphatic rings. The van der Waals surface area contributed by atoms with Crippen molar-refractivity contribution in [2.24, 2.45) is 0 Å². The van der Waals surface area contributed by atoms with Gasteiger partial charge in [0, 0.05) is 23.5 Å². The lowest BCUT2D eigenvalue weighted by Gasteiger charge is -2.10. The molecule has 1 aromatic carbocycles. The summed E-state index contributed by atoms with van der Waals surface area (Å²) in [6, 6.07) is 6.82. The average Bonchev–Trinajstić information content (AvgIpc) is 2.39. The van der Waals surface area contributed by atoms with E-state index in [9.17, 15) is 22.4 Å². The highest BCUT2D eigenvalue weighted by molar-refractivity contribution is 6.04. The molecule has 2 rings (SSSR count). The summed E-state index contributed by atoms with van der Waals surface area (Å²) in [5, 5.41) is 2.41. The van der Waals surface area contributed by atoms with E-state index in [4.69, 9.17) is 0 Å². The van der Waals surface area contributed by atoms with Gasteiger partial charge in [-0.25, -0.2) is 4.98 Å². The van der Waals surface area contributed by atoms with E-state index in [1.807, 2.05) is 0 Å². The van der Waals surface area contributed by atoms with E-state index in [0.717, 1.165) is 24.4 Å². The van der Waals surface area contributed by atoms with E-state index in [0.29, 0.717) is 0 Å². The molecular formula is C13H8F4N2O2. The lowest BCUT2D eigenvalue weighted by Crippen LogP contribution is -2.17.